The van der Waals surface area contributed by atoms with Gasteiger partial charge < -0.3 is 5.32 Å². The van der Waals surface area contributed by atoms with E-state index in [0.717, 1.165) is 23.0 Å². The van der Waals surface area contributed by atoms with E-state index in [1.165, 1.54) is 12.8 Å². The zero-order chi connectivity index (χ0) is 12.4. The summed E-state index contributed by atoms with van der Waals surface area (Å²) >= 11 is 3.41. The van der Waals surface area contributed by atoms with Crippen molar-refractivity contribution < 1.29 is 4.79 Å². The van der Waals surface area contributed by atoms with Crippen LogP contribution in [-0.4, -0.2) is 21.7 Å². The first-order valence-electron chi connectivity index (χ1n) is 6.09. The fraction of sp³-hybridized carbons (Fsp3) is 0.667. The van der Waals surface area contributed by atoms with Crippen molar-refractivity contribution in [2.45, 2.75) is 51.6 Å². The molecule has 0 unspecified atom stereocenters. The molecule has 1 aliphatic rings. The van der Waals surface area contributed by atoms with Crippen LogP contribution < -0.4 is 5.32 Å². The number of hydrogen-bond acceptors (Lipinski definition) is 2. The number of carbonyl (C=O) groups is 1. The topological polar surface area (TPSA) is 46.9 Å². The predicted octanol–water partition coefficient (Wildman–Crippen LogP) is 2.57. The molecule has 0 bridgehead atoms. The number of aromatic nitrogens is 2. The maximum atomic E-state index is 12.0. The summed E-state index contributed by atoms with van der Waals surface area (Å²) in [4.78, 5) is 12.0. The minimum absolute atomic E-state index is 0.0619. The summed E-state index contributed by atoms with van der Waals surface area (Å²) in [5, 5.41) is 7.41. The van der Waals surface area contributed by atoms with Gasteiger partial charge in [0, 0.05) is 12.2 Å². The van der Waals surface area contributed by atoms with E-state index in [9.17, 15) is 4.79 Å². The minimum atomic E-state index is -0.249. The van der Waals surface area contributed by atoms with Crippen LogP contribution in [0.1, 0.15) is 44.3 Å². The van der Waals surface area contributed by atoms with E-state index in [1.54, 1.807) is 4.68 Å². The van der Waals surface area contributed by atoms with E-state index in [0.29, 0.717) is 6.04 Å². The Morgan fingerprint density at radius 2 is 2.24 bits per heavy atom. The van der Waals surface area contributed by atoms with Crippen LogP contribution in [-0.2, 0) is 4.79 Å². The number of hydrogen-bond donors (Lipinski definition) is 1. The molecule has 1 amide bonds. The second-order valence-electron chi connectivity index (χ2n) is 4.71. The lowest BCUT2D eigenvalue weighted by atomic mass is 10.2. The molecule has 0 saturated heterocycles. The van der Waals surface area contributed by atoms with Gasteiger partial charge in [-0.1, -0.05) is 12.8 Å². The van der Waals surface area contributed by atoms with E-state index in [1.807, 2.05) is 20.0 Å². The van der Waals surface area contributed by atoms with Crippen LogP contribution in [0.5, 0.6) is 0 Å². The normalized spacial score (nSPS) is 18.3. The largest absolute Gasteiger partial charge is 0.352 e. The lowest BCUT2D eigenvalue weighted by Crippen LogP contribution is -2.37. The van der Waals surface area contributed by atoms with Crippen molar-refractivity contribution in [2.24, 2.45) is 0 Å². The van der Waals surface area contributed by atoms with Gasteiger partial charge >= 0.3 is 0 Å². The van der Waals surface area contributed by atoms with Crippen LogP contribution in [0.2, 0.25) is 0 Å². The molecule has 1 atom stereocenters. The Labute approximate surface area is 110 Å². The molecule has 1 aromatic heterocycles. The maximum Gasteiger partial charge on any atom is 0.244 e. The number of carbonyl (C=O) groups excluding carboxylic acids is 1. The van der Waals surface area contributed by atoms with Gasteiger partial charge in [-0.3, -0.25) is 9.48 Å². The summed E-state index contributed by atoms with van der Waals surface area (Å²) in [5.74, 6) is 0.0619. The quantitative estimate of drug-likeness (QED) is 0.932. The molecule has 5 heteroatoms. The maximum absolute atomic E-state index is 12.0. The van der Waals surface area contributed by atoms with Crippen LogP contribution in [0.25, 0.3) is 0 Å². The molecule has 94 valence electrons. The zero-order valence-corrected chi connectivity index (χ0v) is 11.8. The van der Waals surface area contributed by atoms with Gasteiger partial charge in [-0.2, -0.15) is 5.10 Å². The highest BCUT2D eigenvalue weighted by Gasteiger charge is 2.22. The summed E-state index contributed by atoms with van der Waals surface area (Å²) in [6, 6.07) is 0.116. The van der Waals surface area contributed by atoms with Crippen molar-refractivity contribution in [3.05, 3.63) is 16.4 Å². The highest BCUT2D eigenvalue weighted by molar-refractivity contribution is 9.10. The monoisotopic (exact) mass is 299 g/mol. The van der Waals surface area contributed by atoms with Crippen LogP contribution >= 0.6 is 15.9 Å². The SMILES string of the molecule is Cc1nn([C@@H](C)C(=O)NC2CCCC2)cc1Br. The van der Waals surface area contributed by atoms with Gasteiger partial charge in [0.2, 0.25) is 5.91 Å². The van der Waals surface area contributed by atoms with Gasteiger partial charge in [0.15, 0.2) is 0 Å². The molecule has 0 aromatic carbocycles. The highest BCUT2D eigenvalue weighted by atomic mass is 79.9. The average Bonchev–Trinajstić information content (AvgIpc) is 2.89. The molecule has 0 aliphatic heterocycles. The fourth-order valence-electron chi connectivity index (χ4n) is 2.17. The van der Waals surface area contributed by atoms with E-state index in [4.69, 9.17) is 0 Å². The third kappa shape index (κ3) is 2.89. The van der Waals surface area contributed by atoms with Gasteiger partial charge in [0.05, 0.1) is 10.2 Å². The molecule has 1 saturated carbocycles. The van der Waals surface area contributed by atoms with Crippen molar-refractivity contribution in [3.8, 4) is 0 Å². The molecular weight excluding hydrogens is 282 g/mol. The lowest BCUT2D eigenvalue weighted by Gasteiger charge is -2.16. The number of nitrogens with zero attached hydrogens (tertiary/aromatic N) is 2. The summed E-state index contributed by atoms with van der Waals surface area (Å²) in [6.45, 7) is 3.80. The van der Waals surface area contributed by atoms with E-state index in [2.05, 4.69) is 26.3 Å². The first-order chi connectivity index (χ1) is 8.08. The molecule has 0 radical (unpaired) electrons. The van der Waals surface area contributed by atoms with Crippen LogP contribution in [0.3, 0.4) is 0 Å². The molecule has 4 nitrogen and oxygen atoms in total. The molecule has 1 aromatic rings. The standard InChI is InChI=1S/C12H18BrN3O/c1-8-11(13)7-16(15-8)9(2)12(17)14-10-5-3-4-6-10/h7,9-10H,3-6H2,1-2H3,(H,14,17)/t9-/m0/s1. The van der Waals surface area contributed by atoms with Crippen molar-refractivity contribution in [2.75, 3.05) is 0 Å². The number of rotatable bonds is 3. The molecule has 17 heavy (non-hydrogen) atoms. The Morgan fingerprint density at radius 3 is 2.76 bits per heavy atom. The molecule has 0 spiro atoms. The third-order valence-corrected chi connectivity index (χ3v) is 4.11. The van der Waals surface area contributed by atoms with Gasteiger partial charge in [-0.25, -0.2) is 0 Å². The Kier molecular flexibility index (Phi) is 3.86. The van der Waals surface area contributed by atoms with Gasteiger partial charge in [-0.05, 0) is 42.6 Å². The van der Waals surface area contributed by atoms with E-state index in [-0.39, 0.29) is 11.9 Å². The molecule has 2 rings (SSSR count). The first kappa shape index (κ1) is 12.6. The van der Waals surface area contributed by atoms with E-state index < -0.39 is 0 Å². The summed E-state index contributed by atoms with van der Waals surface area (Å²) in [6.07, 6.45) is 6.53. The van der Waals surface area contributed by atoms with Gasteiger partial charge in [-0.15, -0.1) is 0 Å². The van der Waals surface area contributed by atoms with Crippen molar-refractivity contribution in [3.63, 3.8) is 0 Å². The first-order valence-corrected chi connectivity index (χ1v) is 6.89. The predicted molar refractivity (Wildman–Crippen MR) is 69.8 cm³/mol. The number of aryl methyl sites for hydroxylation is 1. The van der Waals surface area contributed by atoms with Gasteiger partial charge in [0.25, 0.3) is 0 Å². The second kappa shape index (κ2) is 5.21. The van der Waals surface area contributed by atoms with Crippen LogP contribution in [0.15, 0.2) is 10.7 Å². The van der Waals surface area contributed by atoms with Crippen molar-refractivity contribution in [1.82, 2.24) is 15.1 Å². The lowest BCUT2D eigenvalue weighted by molar-refractivity contribution is -0.124. The average molecular weight is 300 g/mol. The molecular formula is C12H18BrN3O. The molecule has 1 fully saturated rings. The number of nitrogens with one attached hydrogen (secondary N) is 1. The van der Waals surface area contributed by atoms with Crippen LogP contribution in [0, 0.1) is 6.92 Å². The smallest absolute Gasteiger partial charge is 0.244 e. The molecule has 1 aliphatic carbocycles. The van der Waals surface area contributed by atoms with Crippen molar-refractivity contribution in [1.29, 1.82) is 0 Å². The number of amides is 1. The molecule has 1 N–H and O–H groups in total. The van der Waals surface area contributed by atoms with Gasteiger partial charge in [0.1, 0.15) is 6.04 Å². The Balaban J connectivity index is 1.98. The zero-order valence-electron chi connectivity index (χ0n) is 10.2. The van der Waals surface area contributed by atoms with Crippen LogP contribution in [0.4, 0.5) is 0 Å². The minimum Gasteiger partial charge on any atom is -0.352 e. The Hall–Kier alpha value is -0.840. The van der Waals surface area contributed by atoms with Crippen molar-refractivity contribution >= 4 is 21.8 Å². The Morgan fingerprint density at radius 1 is 1.59 bits per heavy atom. The number of halogens is 1. The van der Waals surface area contributed by atoms with E-state index >= 15 is 0 Å². The molecule has 1 heterocycles. The summed E-state index contributed by atoms with van der Waals surface area (Å²) in [7, 11) is 0. The third-order valence-electron chi connectivity index (χ3n) is 3.33. The summed E-state index contributed by atoms with van der Waals surface area (Å²) in [5.41, 5.74) is 0.908. The second-order valence-corrected chi connectivity index (χ2v) is 5.56. The Bertz CT molecular complexity index is 390. The highest BCUT2D eigenvalue weighted by Crippen LogP contribution is 2.20. The summed E-state index contributed by atoms with van der Waals surface area (Å²) < 4.78 is 2.65. The fourth-order valence-corrected chi connectivity index (χ4v) is 2.46.